The highest BCUT2D eigenvalue weighted by atomic mass is 16.5. The summed E-state index contributed by atoms with van der Waals surface area (Å²) in [6.45, 7) is 17.6. The Balaban J connectivity index is 1.90. The van der Waals surface area contributed by atoms with Gasteiger partial charge in [-0.1, -0.05) is 85.7 Å². The number of rotatable bonds is 10. The van der Waals surface area contributed by atoms with E-state index >= 15 is 0 Å². The van der Waals surface area contributed by atoms with E-state index in [0.29, 0.717) is 40.7 Å². The molecule has 0 heterocycles. The monoisotopic (exact) mass is 558 g/mol. The minimum Gasteiger partial charge on any atom is -0.493 e. The summed E-state index contributed by atoms with van der Waals surface area (Å²) in [6, 6.07) is 20.5. The first kappa shape index (κ1) is 31.7. The van der Waals surface area contributed by atoms with Crippen molar-refractivity contribution >= 4 is 11.8 Å². The van der Waals surface area contributed by atoms with Crippen molar-refractivity contribution in [2.45, 2.75) is 78.8 Å². The lowest BCUT2D eigenvalue weighted by molar-refractivity contribution is 0.0883. The quantitative estimate of drug-likeness (QED) is 0.252. The van der Waals surface area contributed by atoms with Crippen LogP contribution >= 0.6 is 0 Å². The van der Waals surface area contributed by atoms with Gasteiger partial charge < -0.3 is 20.1 Å². The average Bonchev–Trinajstić information content (AvgIpc) is 2.91. The van der Waals surface area contributed by atoms with Gasteiger partial charge in [-0.05, 0) is 76.3 Å². The molecule has 0 saturated carbocycles. The maximum Gasteiger partial charge on any atom is 0.253 e. The third-order valence-electron chi connectivity index (χ3n) is 7.05. The fraction of sp³-hybridized carbons (Fsp3) is 0.429. The lowest BCUT2D eigenvalue weighted by Gasteiger charge is -2.23. The average molecular weight is 559 g/mol. The van der Waals surface area contributed by atoms with Crippen LogP contribution in [0.1, 0.15) is 105 Å². The van der Waals surface area contributed by atoms with Gasteiger partial charge in [0.1, 0.15) is 6.17 Å². The predicted molar refractivity (Wildman–Crippen MR) is 166 cm³/mol. The van der Waals surface area contributed by atoms with Crippen molar-refractivity contribution in [3.63, 3.8) is 0 Å². The van der Waals surface area contributed by atoms with Gasteiger partial charge in [0.15, 0.2) is 11.5 Å². The molecule has 2 amide bonds. The van der Waals surface area contributed by atoms with Crippen molar-refractivity contribution in [2.24, 2.45) is 5.92 Å². The van der Waals surface area contributed by atoms with Crippen molar-refractivity contribution in [3.8, 4) is 11.5 Å². The molecule has 0 bridgehead atoms. The minimum absolute atomic E-state index is 0.0242. The molecule has 0 unspecified atom stereocenters. The van der Waals surface area contributed by atoms with Crippen LogP contribution in [0.5, 0.6) is 11.5 Å². The van der Waals surface area contributed by atoms with Gasteiger partial charge in [0.25, 0.3) is 11.8 Å². The molecule has 0 spiro atoms. The van der Waals surface area contributed by atoms with Crippen LogP contribution in [-0.4, -0.2) is 25.5 Å². The van der Waals surface area contributed by atoms with E-state index in [2.05, 4.69) is 66.0 Å². The molecule has 0 aliphatic rings. The molecule has 0 radical (unpaired) electrons. The number of carbonyl (C=O) groups is 2. The maximum atomic E-state index is 13.4. The first-order valence-electron chi connectivity index (χ1n) is 14.3. The second-order valence-corrected chi connectivity index (χ2v) is 13.0. The summed E-state index contributed by atoms with van der Waals surface area (Å²) >= 11 is 0. The number of methoxy groups -OCH3 is 1. The van der Waals surface area contributed by atoms with Gasteiger partial charge in [0.2, 0.25) is 0 Å². The molecule has 3 aromatic rings. The molecule has 3 rings (SSSR count). The highest BCUT2D eigenvalue weighted by molar-refractivity contribution is 5.97. The number of nitrogens with one attached hydrogen (secondary N) is 2. The Bertz CT molecular complexity index is 1240. The molecular weight excluding hydrogens is 512 g/mol. The smallest absolute Gasteiger partial charge is 0.253 e. The lowest BCUT2D eigenvalue weighted by Crippen LogP contribution is -2.41. The Labute approximate surface area is 245 Å². The van der Waals surface area contributed by atoms with Gasteiger partial charge in [-0.2, -0.15) is 0 Å². The Kier molecular flexibility index (Phi) is 10.2. The Morgan fingerprint density at radius 2 is 1.17 bits per heavy atom. The topological polar surface area (TPSA) is 76.7 Å². The largest absolute Gasteiger partial charge is 0.493 e. The molecular formula is C35H46N2O4. The van der Waals surface area contributed by atoms with Crippen molar-refractivity contribution in [3.05, 3.63) is 94.5 Å². The Morgan fingerprint density at radius 3 is 1.56 bits per heavy atom. The second kappa shape index (κ2) is 13.2. The van der Waals surface area contributed by atoms with Gasteiger partial charge in [0, 0.05) is 11.1 Å². The third kappa shape index (κ3) is 8.84. The fourth-order valence-electron chi connectivity index (χ4n) is 4.26. The first-order valence-corrected chi connectivity index (χ1v) is 14.3. The van der Waals surface area contributed by atoms with Gasteiger partial charge in [-0.3, -0.25) is 9.59 Å². The number of hydrogen-bond donors (Lipinski definition) is 2. The van der Waals surface area contributed by atoms with E-state index in [9.17, 15) is 9.59 Å². The van der Waals surface area contributed by atoms with Crippen LogP contribution in [0, 0.1) is 5.92 Å². The van der Waals surface area contributed by atoms with Gasteiger partial charge in [0.05, 0.1) is 13.7 Å². The number of carbonyl (C=O) groups excluding carboxylic acids is 2. The number of benzene rings is 3. The Morgan fingerprint density at radius 1 is 0.707 bits per heavy atom. The summed E-state index contributed by atoms with van der Waals surface area (Å²) in [7, 11) is 1.58. The molecule has 6 heteroatoms. The number of ether oxygens (including phenoxy) is 2. The minimum atomic E-state index is -0.807. The molecule has 0 saturated heterocycles. The normalized spacial score (nSPS) is 11.9. The number of amides is 2. The Hall–Kier alpha value is -3.80. The van der Waals surface area contributed by atoms with Gasteiger partial charge in [-0.25, -0.2) is 0 Å². The summed E-state index contributed by atoms with van der Waals surface area (Å²) < 4.78 is 11.6. The first-order chi connectivity index (χ1) is 19.2. The predicted octanol–water partition coefficient (Wildman–Crippen LogP) is 7.57. The van der Waals surface area contributed by atoms with E-state index < -0.39 is 6.17 Å². The van der Waals surface area contributed by atoms with Crippen molar-refractivity contribution in [1.82, 2.24) is 10.6 Å². The molecule has 0 atom stereocenters. The van der Waals surface area contributed by atoms with Crippen molar-refractivity contribution in [2.75, 3.05) is 13.7 Å². The molecule has 6 nitrogen and oxygen atoms in total. The third-order valence-corrected chi connectivity index (χ3v) is 7.05. The summed E-state index contributed by atoms with van der Waals surface area (Å²) in [6.07, 6.45) is 0.111. The van der Waals surface area contributed by atoms with E-state index in [1.807, 2.05) is 60.7 Å². The lowest BCUT2D eigenvalue weighted by atomic mass is 9.86. The van der Waals surface area contributed by atoms with Crippen LogP contribution in [0.15, 0.2) is 66.7 Å². The molecule has 0 aliphatic carbocycles. The van der Waals surface area contributed by atoms with E-state index in [-0.39, 0.29) is 22.6 Å². The maximum absolute atomic E-state index is 13.4. The number of hydrogen-bond acceptors (Lipinski definition) is 4. The van der Waals surface area contributed by atoms with E-state index in [1.54, 1.807) is 13.2 Å². The molecule has 3 aromatic carbocycles. The zero-order chi connectivity index (χ0) is 30.4. The zero-order valence-corrected chi connectivity index (χ0v) is 26.1. The van der Waals surface area contributed by atoms with Crippen LogP contribution < -0.4 is 20.1 Å². The van der Waals surface area contributed by atoms with Gasteiger partial charge in [-0.15, -0.1) is 0 Å². The second-order valence-electron chi connectivity index (χ2n) is 13.0. The molecule has 0 aromatic heterocycles. The SMILES string of the molecule is COc1cc(C(NC(=O)c2ccc(C(C)(C)C)cc2)NC(=O)c2ccc(C(C)(C)C)cc2)ccc1OCCC(C)C. The molecule has 0 fully saturated rings. The van der Waals surface area contributed by atoms with Crippen molar-refractivity contribution < 1.29 is 19.1 Å². The highest BCUT2D eigenvalue weighted by Crippen LogP contribution is 2.31. The van der Waals surface area contributed by atoms with Crippen molar-refractivity contribution in [1.29, 1.82) is 0 Å². The summed E-state index contributed by atoms with van der Waals surface area (Å²) in [5, 5.41) is 6.01. The fourth-order valence-corrected chi connectivity index (χ4v) is 4.26. The molecule has 41 heavy (non-hydrogen) atoms. The summed E-state index contributed by atoms with van der Waals surface area (Å²) in [4.78, 5) is 26.7. The van der Waals surface area contributed by atoms with Crippen LogP contribution in [-0.2, 0) is 10.8 Å². The van der Waals surface area contributed by atoms with E-state index in [4.69, 9.17) is 9.47 Å². The summed E-state index contributed by atoms with van der Waals surface area (Å²) in [5.74, 6) is 1.07. The van der Waals surface area contributed by atoms with Crippen LogP contribution in [0.25, 0.3) is 0 Å². The summed E-state index contributed by atoms with van der Waals surface area (Å²) in [5.41, 5.74) is 3.90. The molecule has 220 valence electrons. The van der Waals surface area contributed by atoms with E-state index in [0.717, 1.165) is 17.5 Å². The molecule has 0 aliphatic heterocycles. The zero-order valence-electron chi connectivity index (χ0n) is 26.1. The highest BCUT2D eigenvalue weighted by Gasteiger charge is 2.22. The van der Waals surface area contributed by atoms with Crippen LogP contribution in [0.3, 0.4) is 0 Å². The standard InChI is InChI=1S/C35H46N2O4/c1-23(2)20-21-41-29-19-14-26(22-30(29)40-9)31(36-32(38)24-10-15-27(16-11-24)34(3,4)5)37-33(39)25-12-17-28(18-13-25)35(6,7)8/h10-19,22-23,31H,20-21H2,1-9H3,(H,36,38)(H,37,39). The van der Waals surface area contributed by atoms with Crippen LogP contribution in [0.2, 0.25) is 0 Å². The molecule has 2 N–H and O–H groups in total. The van der Waals surface area contributed by atoms with Crippen LogP contribution in [0.4, 0.5) is 0 Å². The van der Waals surface area contributed by atoms with Gasteiger partial charge >= 0.3 is 0 Å². The van der Waals surface area contributed by atoms with E-state index in [1.165, 1.54) is 0 Å².